The molecule has 0 aliphatic heterocycles. The Kier molecular flexibility index (Phi) is 8.79. The summed E-state index contributed by atoms with van der Waals surface area (Å²) in [4.78, 5) is 24.1. The highest BCUT2D eigenvalue weighted by Gasteiger charge is 2.58. The minimum Gasteiger partial charge on any atom is -0.487 e. The molecule has 206 valence electrons. The Labute approximate surface area is 219 Å². The summed E-state index contributed by atoms with van der Waals surface area (Å²) in [5, 5.41) is 9.57. The Balaban J connectivity index is 1.60. The summed E-state index contributed by atoms with van der Waals surface area (Å²) in [6.07, 6.45) is -3.69. The molecule has 0 atom stereocenters. The van der Waals surface area contributed by atoms with Crippen molar-refractivity contribution in [3.63, 3.8) is 0 Å². The van der Waals surface area contributed by atoms with E-state index in [1.165, 1.54) is 18.2 Å². The highest BCUT2D eigenvalue weighted by molar-refractivity contribution is 5.92. The van der Waals surface area contributed by atoms with Crippen LogP contribution in [0.4, 0.5) is 33.3 Å². The number of anilines is 2. The second-order valence-corrected chi connectivity index (χ2v) is 8.41. The van der Waals surface area contributed by atoms with Gasteiger partial charge in [-0.15, -0.1) is 0 Å². The first-order valence-corrected chi connectivity index (χ1v) is 11.3. The largest absolute Gasteiger partial charge is 0.487 e. The van der Waals surface area contributed by atoms with E-state index in [0.717, 1.165) is 29.8 Å². The summed E-state index contributed by atoms with van der Waals surface area (Å²) < 4.78 is 72.3. The number of esters is 1. The molecule has 0 saturated carbocycles. The fourth-order valence-corrected chi connectivity index (χ4v) is 3.29. The van der Waals surface area contributed by atoms with Crippen LogP contribution in [0, 0.1) is 0 Å². The second-order valence-electron chi connectivity index (χ2n) is 8.41. The molecule has 7 nitrogen and oxygen atoms in total. The molecule has 0 unspecified atom stereocenters. The van der Waals surface area contributed by atoms with Crippen molar-refractivity contribution >= 4 is 29.4 Å². The van der Waals surface area contributed by atoms with E-state index in [9.17, 15) is 36.6 Å². The average molecular weight is 550 g/mol. The van der Waals surface area contributed by atoms with Crippen molar-refractivity contribution in [2.24, 2.45) is 0 Å². The average Bonchev–Trinajstić information content (AvgIpc) is 2.86. The minimum absolute atomic E-state index is 0.0102. The third kappa shape index (κ3) is 7.94. The quantitative estimate of drug-likeness (QED) is 0.0966. The number of nitrogens with two attached hydrogens (primary N) is 2. The molecular formula is C27H23F5N2O5. The van der Waals surface area contributed by atoms with Crippen molar-refractivity contribution in [2.75, 3.05) is 18.1 Å². The molecule has 5 N–H and O–H groups in total. The maximum Gasteiger partial charge on any atom is 0.456 e. The van der Waals surface area contributed by atoms with Gasteiger partial charge in [-0.25, -0.2) is 9.59 Å². The van der Waals surface area contributed by atoms with Crippen LogP contribution in [0.15, 0.2) is 72.3 Å². The van der Waals surface area contributed by atoms with Gasteiger partial charge < -0.3 is 26.0 Å². The molecule has 0 saturated heterocycles. The van der Waals surface area contributed by atoms with E-state index in [-0.39, 0.29) is 29.1 Å². The molecule has 0 fully saturated rings. The van der Waals surface area contributed by atoms with Crippen LogP contribution in [0.1, 0.15) is 27.9 Å². The van der Waals surface area contributed by atoms with Crippen LogP contribution >= 0.6 is 0 Å². The summed E-state index contributed by atoms with van der Waals surface area (Å²) in [5.74, 6) is -7.11. The summed E-state index contributed by atoms with van der Waals surface area (Å²) in [6.45, 7) is -1.90. The van der Waals surface area contributed by atoms with E-state index in [2.05, 4.69) is 4.74 Å². The van der Waals surface area contributed by atoms with Gasteiger partial charge in [0, 0.05) is 16.9 Å². The SMILES string of the molecule is Nc1ccc(CCC(=Cc2ccc(OC(=O)c3ccc(OCC(F)(F)C(F)(F)F)cc3)cc2)C(=O)O)c(N)c1. The summed E-state index contributed by atoms with van der Waals surface area (Å²) in [7, 11) is 0. The van der Waals surface area contributed by atoms with Gasteiger partial charge in [0.05, 0.1) is 5.56 Å². The van der Waals surface area contributed by atoms with Crippen LogP contribution in [0.25, 0.3) is 6.08 Å². The standard InChI is InChI=1S/C27H23F5N2O5/c28-26(29,27(30,31)32)15-38-21-11-6-18(7-12-21)25(37)39-22-9-1-16(2-10-22)13-19(24(35)36)4-3-17-5-8-20(33)14-23(17)34/h1-2,5-14H,3-4,15,33-34H2,(H,35,36). The number of carbonyl (C=O) groups excluding carboxylic acids is 1. The highest BCUT2D eigenvalue weighted by atomic mass is 19.4. The topological polar surface area (TPSA) is 125 Å². The fourth-order valence-electron chi connectivity index (χ4n) is 3.29. The van der Waals surface area contributed by atoms with E-state index in [4.69, 9.17) is 16.2 Å². The number of aryl methyl sites for hydroxylation is 1. The third-order valence-electron chi connectivity index (χ3n) is 5.46. The third-order valence-corrected chi connectivity index (χ3v) is 5.46. The van der Waals surface area contributed by atoms with E-state index in [1.54, 1.807) is 30.3 Å². The first kappa shape index (κ1) is 29.0. The Bertz CT molecular complexity index is 1350. The zero-order valence-corrected chi connectivity index (χ0v) is 20.2. The lowest BCUT2D eigenvalue weighted by molar-refractivity contribution is -0.290. The summed E-state index contributed by atoms with van der Waals surface area (Å²) in [5.41, 5.74) is 14.0. The van der Waals surface area contributed by atoms with Gasteiger partial charge in [0.1, 0.15) is 11.5 Å². The molecule has 3 rings (SSSR count). The molecule has 0 heterocycles. The van der Waals surface area contributed by atoms with Gasteiger partial charge in [0.2, 0.25) is 0 Å². The number of aliphatic carboxylic acids is 1. The number of halogens is 5. The van der Waals surface area contributed by atoms with E-state index >= 15 is 0 Å². The Morgan fingerprint density at radius 2 is 1.49 bits per heavy atom. The van der Waals surface area contributed by atoms with Crippen molar-refractivity contribution < 1.29 is 46.1 Å². The van der Waals surface area contributed by atoms with E-state index < -0.39 is 30.6 Å². The number of hydrogen-bond donors (Lipinski definition) is 3. The van der Waals surface area contributed by atoms with Crippen molar-refractivity contribution in [3.05, 3.63) is 89.0 Å². The molecule has 12 heteroatoms. The van der Waals surface area contributed by atoms with Gasteiger partial charge in [0.25, 0.3) is 0 Å². The number of carboxylic acid groups (broad SMARTS) is 1. The number of carbonyl (C=O) groups is 2. The molecule has 0 spiro atoms. The smallest absolute Gasteiger partial charge is 0.456 e. The molecule has 0 radical (unpaired) electrons. The van der Waals surface area contributed by atoms with Crippen LogP contribution in [-0.4, -0.2) is 35.8 Å². The van der Waals surface area contributed by atoms with Crippen molar-refractivity contribution in [2.45, 2.75) is 24.9 Å². The number of rotatable bonds is 10. The first-order chi connectivity index (χ1) is 18.2. The number of benzene rings is 3. The monoisotopic (exact) mass is 550 g/mol. The Hall–Kier alpha value is -4.61. The Morgan fingerprint density at radius 3 is 2.05 bits per heavy atom. The van der Waals surface area contributed by atoms with E-state index in [1.807, 2.05) is 0 Å². The predicted molar refractivity (Wildman–Crippen MR) is 134 cm³/mol. The molecular weight excluding hydrogens is 527 g/mol. The lowest BCUT2D eigenvalue weighted by Crippen LogP contribution is -2.41. The number of carboxylic acids is 1. The number of ether oxygens (including phenoxy) is 2. The molecule has 0 aliphatic rings. The molecule has 0 amide bonds. The van der Waals surface area contributed by atoms with Gasteiger partial charge in [-0.05, 0) is 78.6 Å². The van der Waals surface area contributed by atoms with Gasteiger partial charge in [0.15, 0.2) is 6.61 Å². The molecule has 0 bridgehead atoms. The van der Waals surface area contributed by atoms with Crippen LogP contribution in [-0.2, 0) is 11.2 Å². The minimum atomic E-state index is -5.75. The molecule has 39 heavy (non-hydrogen) atoms. The molecule has 3 aromatic rings. The normalized spacial score (nSPS) is 12.2. The van der Waals surface area contributed by atoms with Crippen LogP contribution < -0.4 is 20.9 Å². The zero-order valence-electron chi connectivity index (χ0n) is 20.2. The lowest BCUT2D eigenvalue weighted by Gasteiger charge is -2.19. The summed E-state index contributed by atoms with van der Waals surface area (Å²) in [6, 6.07) is 15.4. The van der Waals surface area contributed by atoms with Gasteiger partial charge in [-0.2, -0.15) is 22.0 Å². The zero-order chi connectivity index (χ0) is 28.8. The number of alkyl halides is 5. The highest BCUT2D eigenvalue weighted by Crippen LogP contribution is 2.35. The van der Waals surface area contributed by atoms with Crippen LogP contribution in [0.5, 0.6) is 11.5 Å². The summed E-state index contributed by atoms with van der Waals surface area (Å²) >= 11 is 0. The van der Waals surface area contributed by atoms with E-state index in [0.29, 0.717) is 23.4 Å². The van der Waals surface area contributed by atoms with Gasteiger partial charge >= 0.3 is 24.0 Å². The Morgan fingerprint density at radius 1 is 0.872 bits per heavy atom. The second kappa shape index (κ2) is 11.8. The van der Waals surface area contributed by atoms with Crippen LogP contribution in [0.2, 0.25) is 0 Å². The molecule has 3 aromatic carbocycles. The fraction of sp³-hybridized carbons (Fsp3) is 0.185. The van der Waals surface area contributed by atoms with Gasteiger partial charge in [-0.3, -0.25) is 0 Å². The number of nitrogen functional groups attached to an aromatic ring is 2. The van der Waals surface area contributed by atoms with Gasteiger partial charge in [-0.1, -0.05) is 18.2 Å². The molecule has 0 aromatic heterocycles. The molecule has 0 aliphatic carbocycles. The maximum atomic E-state index is 13.0. The lowest BCUT2D eigenvalue weighted by atomic mass is 10.0. The predicted octanol–water partition coefficient (Wildman–Crippen LogP) is 5.75. The van der Waals surface area contributed by atoms with Crippen LogP contribution in [0.3, 0.4) is 0 Å². The first-order valence-electron chi connectivity index (χ1n) is 11.3. The van der Waals surface area contributed by atoms with Crippen molar-refractivity contribution in [3.8, 4) is 11.5 Å². The maximum absolute atomic E-state index is 13.0. The van der Waals surface area contributed by atoms with Crippen molar-refractivity contribution in [1.82, 2.24) is 0 Å². The number of hydrogen-bond acceptors (Lipinski definition) is 6. The van der Waals surface area contributed by atoms with Crippen molar-refractivity contribution in [1.29, 1.82) is 0 Å².